The minimum Gasteiger partial charge on any atom is -0.409 e. The molecule has 1 aromatic heterocycles. The van der Waals surface area contributed by atoms with Gasteiger partial charge in [-0.15, -0.1) is 0 Å². The largest absolute Gasteiger partial charge is 0.409 e. The number of hydrogen-bond acceptors (Lipinski definition) is 4. The Labute approximate surface area is 115 Å². The third kappa shape index (κ3) is 2.97. The van der Waals surface area contributed by atoms with Gasteiger partial charge in [0, 0.05) is 18.3 Å². The maximum absolute atomic E-state index is 8.96. The molecule has 0 spiro atoms. The van der Waals surface area contributed by atoms with Gasteiger partial charge in [-0.1, -0.05) is 12.1 Å². The third-order valence-electron chi connectivity index (χ3n) is 3.78. The van der Waals surface area contributed by atoms with Crippen LogP contribution in [0, 0.1) is 13.8 Å². The molecule has 1 aromatic rings. The molecule has 106 valence electrons. The SMILES string of the molecule is CCC(C)(C)N(C)c1nc(C)cc(C)c1C(N)=NO. The second-order valence-electron chi connectivity index (χ2n) is 5.49. The van der Waals surface area contributed by atoms with Crippen LogP contribution in [0.4, 0.5) is 5.82 Å². The van der Waals surface area contributed by atoms with E-state index in [2.05, 4.69) is 35.8 Å². The lowest BCUT2D eigenvalue weighted by Crippen LogP contribution is -2.42. The van der Waals surface area contributed by atoms with Crippen molar-refractivity contribution in [1.82, 2.24) is 4.98 Å². The zero-order valence-electron chi connectivity index (χ0n) is 12.7. The Balaban J connectivity index is 3.49. The topological polar surface area (TPSA) is 74.7 Å². The number of hydrogen-bond donors (Lipinski definition) is 2. The molecular weight excluding hydrogens is 240 g/mol. The number of nitrogens with zero attached hydrogens (tertiary/aromatic N) is 3. The molecule has 0 aromatic carbocycles. The van der Waals surface area contributed by atoms with Gasteiger partial charge < -0.3 is 15.8 Å². The van der Waals surface area contributed by atoms with Crippen LogP contribution in [0.2, 0.25) is 0 Å². The van der Waals surface area contributed by atoms with Crippen molar-refractivity contribution in [1.29, 1.82) is 0 Å². The fraction of sp³-hybridized carbons (Fsp3) is 0.571. The summed E-state index contributed by atoms with van der Waals surface area (Å²) in [5, 5.41) is 12.1. The first-order chi connectivity index (χ1) is 8.74. The Hall–Kier alpha value is -1.78. The van der Waals surface area contributed by atoms with E-state index in [1.54, 1.807) is 0 Å². The summed E-state index contributed by atoms with van der Waals surface area (Å²) in [6.07, 6.45) is 0.966. The molecule has 0 aliphatic rings. The van der Waals surface area contributed by atoms with Gasteiger partial charge in [-0.3, -0.25) is 0 Å². The summed E-state index contributed by atoms with van der Waals surface area (Å²) in [5.41, 5.74) is 8.31. The minimum absolute atomic E-state index is 0.0578. The third-order valence-corrected chi connectivity index (χ3v) is 3.78. The van der Waals surface area contributed by atoms with Crippen LogP contribution in [0.5, 0.6) is 0 Å². The second kappa shape index (κ2) is 5.47. The molecule has 3 N–H and O–H groups in total. The summed E-state index contributed by atoms with van der Waals surface area (Å²) in [7, 11) is 1.98. The van der Waals surface area contributed by atoms with Crippen LogP contribution in [0.3, 0.4) is 0 Å². The van der Waals surface area contributed by atoms with Gasteiger partial charge >= 0.3 is 0 Å². The summed E-state index contributed by atoms with van der Waals surface area (Å²) in [4.78, 5) is 6.65. The van der Waals surface area contributed by atoms with Crippen LogP contribution in [-0.2, 0) is 0 Å². The average Bonchev–Trinajstić information content (AvgIpc) is 2.36. The molecule has 0 amide bonds. The van der Waals surface area contributed by atoms with Gasteiger partial charge in [0.2, 0.25) is 0 Å². The van der Waals surface area contributed by atoms with E-state index >= 15 is 0 Å². The quantitative estimate of drug-likeness (QED) is 0.379. The van der Waals surface area contributed by atoms with Crippen LogP contribution in [0.1, 0.15) is 44.0 Å². The van der Waals surface area contributed by atoms with E-state index in [-0.39, 0.29) is 11.4 Å². The van der Waals surface area contributed by atoms with Gasteiger partial charge in [-0.05, 0) is 45.7 Å². The number of pyridine rings is 1. The first kappa shape index (κ1) is 15.3. The summed E-state index contributed by atoms with van der Waals surface area (Å²) in [5.74, 6) is 0.846. The molecule has 19 heavy (non-hydrogen) atoms. The number of nitrogens with two attached hydrogens (primary N) is 1. The van der Waals surface area contributed by atoms with Crippen LogP contribution < -0.4 is 10.6 Å². The molecule has 5 heteroatoms. The van der Waals surface area contributed by atoms with Crippen molar-refractivity contribution < 1.29 is 5.21 Å². The minimum atomic E-state index is -0.0578. The molecule has 1 rings (SSSR count). The first-order valence-corrected chi connectivity index (χ1v) is 6.44. The highest BCUT2D eigenvalue weighted by atomic mass is 16.4. The van der Waals surface area contributed by atoms with E-state index in [9.17, 15) is 0 Å². The van der Waals surface area contributed by atoms with Gasteiger partial charge in [0.05, 0.1) is 5.56 Å². The fourth-order valence-electron chi connectivity index (χ4n) is 1.95. The van der Waals surface area contributed by atoms with Crippen molar-refractivity contribution in [2.75, 3.05) is 11.9 Å². The summed E-state index contributed by atoms with van der Waals surface area (Å²) in [6, 6.07) is 1.93. The van der Waals surface area contributed by atoms with Gasteiger partial charge in [0.15, 0.2) is 5.84 Å². The molecule has 0 bridgehead atoms. The van der Waals surface area contributed by atoms with E-state index in [1.807, 2.05) is 27.0 Å². The second-order valence-corrected chi connectivity index (χ2v) is 5.49. The maximum atomic E-state index is 8.96. The number of amidine groups is 1. The van der Waals surface area contributed by atoms with Crippen LogP contribution in [0.25, 0.3) is 0 Å². The van der Waals surface area contributed by atoms with Crippen molar-refractivity contribution >= 4 is 11.7 Å². The van der Waals surface area contributed by atoms with E-state index in [0.29, 0.717) is 5.56 Å². The normalized spacial score (nSPS) is 12.6. The predicted molar refractivity (Wildman–Crippen MR) is 79.0 cm³/mol. The fourth-order valence-corrected chi connectivity index (χ4v) is 1.95. The highest BCUT2D eigenvalue weighted by Gasteiger charge is 2.26. The van der Waals surface area contributed by atoms with Gasteiger partial charge in [-0.2, -0.15) is 0 Å². The number of aromatic nitrogens is 1. The van der Waals surface area contributed by atoms with Crippen LogP contribution >= 0.6 is 0 Å². The zero-order valence-corrected chi connectivity index (χ0v) is 12.7. The Morgan fingerprint density at radius 2 is 2.05 bits per heavy atom. The van der Waals surface area contributed by atoms with Gasteiger partial charge in [0.1, 0.15) is 5.82 Å². The van der Waals surface area contributed by atoms with E-state index in [0.717, 1.165) is 23.5 Å². The lowest BCUT2D eigenvalue weighted by atomic mass is 9.98. The molecule has 0 radical (unpaired) electrons. The van der Waals surface area contributed by atoms with Crippen molar-refractivity contribution in [2.24, 2.45) is 10.9 Å². The monoisotopic (exact) mass is 264 g/mol. The molecule has 0 fully saturated rings. The average molecular weight is 264 g/mol. The summed E-state index contributed by atoms with van der Waals surface area (Å²) < 4.78 is 0. The molecule has 0 saturated carbocycles. The lowest BCUT2D eigenvalue weighted by Gasteiger charge is -2.37. The molecular formula is C14H24N4O. The maximum Gasteiger partial charge on any atom is 0.174 e. The number of anilines is 1. The molecule has 0 aliphatic heterocycles. The summed E-state index contributed by atoms with van der Waals surface area (Å²) in [6.45, 7) is 10.3. The van der Waals surface area contributed by atoms with E-state index < -0.39 is 0 Å². The molecule has 0 aliphatic carbocycles. The molecule has 0 saturated heterocycles. The molecule has 5 nitrogen and oxygen atoms in total. The number of oxime groups is 1. The Kier molecular flexibility index (Phi) is 4.39. The lowest BCUT2D eigenvalue weighted by molar-refractivity contribution is 0.318. The van der Waals surface area contributed by atoms with Crippen molar-refractivity contribution in [3.63, 3.8) is 0 Å². The van der Waals surface area contributed by atoms with Crippen LogP contribution in [0.15, 0.2) is 11.2 Å². The van der Waals surface area contributed by atoms with Gasteiger partial charge in [-0.25, -0.2) is 4.98 Å². The molecule has 0 unspecified atom stereocenters. The Bertz CT molecular complexity index is 494. The first-order valence-electron chi connectivity index (χ1n) is 6.44. The van der Waals surface area contributed by atoms with Crippen molar-refractivity contribution in [3.8, 4) is 0 Å². The van der Waals surface area contributed by atoms with E-state index in [1.165, 1.54) is 0 Å². The van der Waals surface area contributed by atoms with E-state index in [4.69, 9.17) is 10.9 Å². The van der Waals surface area contributed by atoms with Crippen molar-refractivity contribution in [2.45, 2.75) is 46.6 Å². The zero-order chi connectivity index (χ0) is 14.8. The summed E-state index contributed by atoms with van der Waals surface area (Å²) >= 11 is 0. The number of rotatable bonds is 4. The number of aryl methyl sites for hydroxylation is 2. The molecule has 1 heterocycles. The Morgan fingerprint density at radius 3 is 2.53 bits per heavy atom. The smallest absolute Gasteiger partial charge is 0.174 e. The van der Waals surface area contributed by atoms with Crippen LogP contribution in [-0.4, -0.2) is 28.6 Å². The highest BCUT2D eigenvalue weighted by Crippen LogP contribution is 2.28. The van der Waals surface area contributed by atoms with Crippen molar-refractivity contribution in [3.05, 3.63) is 22.9 Å². The standard InChI is InChI=1S/C14H24N4O/c1-7-14(4,5)18(6)13-11(12(15)17-19)9(2)8-10(3)16-13/h8,19H,7H2,1-6H3,(H2,15,17). The molecule has 0 atom stereocenters. The van der Waals surface area contributed by atoms with Gasteiger partial charge in [0.25, 0.3) is 0 Å². The highest BCUT2D eigenvalue weighted by molar-refractivity contribution is 6.02. The predicted octanol–water partition coefficient (Wildman–Crippen LogP) is 2.42. The Morgan fingerprint density at radius 1 is 1.47 bits per heavy atom.